The Kier molecular flexibility index (Phi) is 7.12. The molecule has 0 fully saturated rings. The van der Waals surface area contributed by atoms with Crippen molar-refractivity contribution in [2.45, 2.75) is 26.1 Å². The Hall–Kier alpha value is -2.34. The molecule has 0 aliphatic carbocycles. The second-order valence-electron chi connectivity index (χ2n) is 4.54. The van der Waals surface area contributed by atoms with Gasteiger partial charge in [-0.05, 0) is 31.2 Å². The molecule has 1 aromatic carbocycles. The van der Waals surface area contributed by atoms with Gasteiger partial charge in [-0.1, -0.05) is 6.58 Å². The van der Waals surface area contributed by atoms with Crippen molar-refractivity contribution in [1.29, 1.82) is 0 Å². The van der Waals surface area contributed by atoms with Crippen LogP contribution in [0, 0.1) is 0 Å². The number of carbonyl (C=O) groups excluding carboxylic acids is 2. The molecule has 0 N–H and O–H groups in total. The predicted molar refractivity (Wildman–Crippen MR) is 79.6 cm³/mol. The summed E-state index contributed by atoms with van der Waals surface area (Å²) >= 11 is 0. The molecule has 0 aromatic heterocycles. The highest BCUT2D eigenvalue weighted by atomic mass is 16.7. The number of carbonyl (C=O) groups is 2. The van der Waals surface area contributed by atoms with E-state index in [1.807, 2.05) is 0 Å². The lowest BCUT2D eigenvalue weighted by Crippen LogP contribution is -2.22. The fourth-order valence-corrected chi connectivity index (χ4v) is 1.51. The summed E-state index contributed by atoms with van der Waals surface area (Å²) in [4.78, 5) is 23.1. The van der Waals surface area contributed by atoms with Crippen molar-refractivity contribution in [2.24, 2.45) is 0 Å². The molecule has 0 bridgehead atoms. The average molecular weight is 308 g/mol. The maximum Gasteiger partial charge on any atom is 0.335 e. The van der Waals surface area contributed by atoms with Crippen LogP contribution in [-0.2, 0) is 19.1 Å². The van der Waals surface area contributed by atoms with Gasteiger partial charge < -0.3 is 18.9 Å². The van der Waals surface area contributed by atoms with Gasteiger partial charge in [0, 0.05) is 19.1 Å². The third kappa shape index (κ3) is 5.97. The van der Waals surface area contributed by atoms with Crippen molar-refractivity contribution in [3.8, 4) is 11.5 Å². The van der Waals surface area contributed by atoms with Gasteiger partial charge >= 0.3 is 11.9 Å². The molecule has 1 aromatic rings. The van der Waals surface area contributed by atoms with Gasteiger partial charge in [0.05, 0.1) is 13.5 Å². The van der Waals surface area contributed by atoms with Crippen LogP contribution >= 0.6 is 0 Å². The maximum absolute atomic E-state index is 11.7. The molecule has 6 heteroatoms. The first-order valence-corrected chi connectivity index (χ1v) is 6.70. The predicted octanol–water partition coefficient (Wildman–Crippen LogP) is 2.47. The lowest BCUT2D eigenvalue weighted by molar-refractivity contribution is -0.171. The molecule has 1 unspecified atom stereocenters. The summed E-state index contributed by atoms with van der Waals surface area (Å²) in [5.41, 5.74) is 0.267. The molecular formula is C16H20O6. The minimum atomic E-state index is -0.812. The van der Waals surface area contributed by atoms with E-state index < -0.39 is 18.2 Å². The van der Waals surface area contributed by atoms with Crippen LogP contribution in [0.3, 0.4) is 0 Å². The molecule has 0 radical (unpaired) electrons. The van der Waals surface area contributed by atoms with Crippen molar-refractivity contribution in [3.63, 3.8) is 0 Å². The zero-order valence-electron chi connectivity index (χ0n) is 13.0. The maximum atomic E-state index is 11.7. The van der Waals surface area contributed by atoms with E-state index in [9.17, 15) is 9.59 Å². The number of esters is 2. The fraction of sp³-hybridized carbons (Fsp3) is 0.375. The van der Waals surface area contributed by atoms with Crippen LogP contribution in [0.25, 0.3) is 0 Å². The Labute approximate surface area is 129 Å². The van der Waals surface area contributed by atoms with Gasteiger partial charge in [-0.25, -0.2) is 4.79 Å². The molecule has 0 amide bonds. The van der Waals surface area contributed by atoms with E-state index in [1.165, 1.54) is 14.0 Å². The smallest absolute Gasteiger partial charge is 0.335 e. The number of methoxy groups -OCH3 is 2. The molecule has 0 heterocycles. The van der Waals surface area contributed by atoms with Crippen LogP contribution in [0.4, 0.5) is 0 Å². The van der Waals surface area contributed by atoms with Crippen LogP contribution in [0.5, 0.6) is 11.5 Å². The van der Waals surface area contributed by atoms with Crippen LogP contribution in [0.1, 0.15) is 19.8 Å². The van der Waals surface area contributed by atoms with E-state index in [0.717, 1.165) is 0 Å². The monoisotopic (exact) mass is 308 g/mol. The SMILES string of the molecule is C=C(C)C(=O)OC(CCC(=O)Oc1ccc(OC)cc1)OC. The Bertz CT molecular complexity index is 520. The van der Waals surface area contributed by atoms with Crippen LogP contribution in [0.15, 0.2) is 36.4 Å². The summed E-state index contributed by atoms with van der Waals surface area (Å²) in [5.74, 6) is 0.0820. The molecule has 1 atom stereocenters. The van der Waals surface area contributed by atoms with E-state index in [4.69, 9.17) is 18.9 Å². The summed E-state index contributed by atoms with van der Waals surface area (Å²) in [6.45, 7) is 5.01. The van der Waals surface area contributed by atoms with Gasteiger partial charge in [0.2, 0.25) is 6.29 Å². The largest absolute Gasteiger partial charge is 0.497 e. The zero-order valence-corrected chi connectivity index (χ0v) is 13.0. The minimum Gasteiger partial charge on any atom is -0.497 e. The third-order valence-electron chi connectivity index (χ3n) is 2.73. The summed E-state index contributed by atoms with van der Waals surface area (Å²) in [6.07, 6.45) is -0.564. The highest BCUT2D eigenvalue weighted by Gasteiger charge is 2.16. The lowest BCUT2D eigenvalue weighted by atomic mass is 10.3. The average Bonchev–Trinajstić information content (AvgIpc) is 2.51. The van der Waals surface area contributed by atoms with Gasteiger partial charge in [0.1, 0.15) is 11.5 Å². The summed E-state index contributed by atoms with van der Waals surface area (Å²) in [7, 11) is 2.95. The first kappa shape index (κ1) is 17.7. The normalized spacial score (nSPS) is 11.4. The second-order valence-corrected chi connectivity index (χ2v) is 4.54. The van der Waals surface area contributed by atoms with Gasteiger partial charge in [-0.15, -0.1) is 0 Å². The molecular weight excluding hydrogens is 288 g/mol. The Morgan fingerprint density at radius 3 is 2.23 bits per heavy atom. The number of hydrogen-bond donors (Lipinski definition) is 0. The van der Waals surface area contributed by atoms with Crippen LogP contribution in [-0.4, -0.2) is 32.4 Å². The third-order valence-corrected chi connectivity index (χ3v) is 2.73. The Morgan fingerprint density at radius 2 is 1.73 bits per heavy atom. The fourth-order valence-electron chi connectivity index (χ4n) is 1.51. The van der Waals surface area contributed by atoms with E-state index in [0.29, 0.717) is 11.5 Å². The zero-order chi connectivity index (χ0) is 16.5. The molecule has 1 rings (SSSR count). The van der Waals surface area contributed by atoms with Crippen molar-refractivity contribution in [1.82, 2.24) is 0 Å². The first-order valence-electron chi connectivity index (χ1n) is 6.70. The van der Waals surface area contributed by atoms with Crippen molar-refractivity contribution in [2.75, 3.05) is 14.2 Å². The van der Waals surface area contributed by atoms with E-state index in [2.05, 4.69) is 6.58 Å². The topological polar surface area (TPSA) is 71.1 Å². The van der Waals surface area contributed by atoms with Crippen molar-refractivity contribution >= 4 is 11.9 Å². The highest BCUT2D eigenvalue weighted by molar-refractivity contribution is 5.87. The Morgan fingerprint density at radius 1 is 1.14 bits per heavy atom. The number of benzene rings is 1. The van der Waals surface area contributed by atoms with Gasteiger partial charge in [-0.2, -0.15) is 0 Å². The number of ether oxygens (including phenoxy) is 4. The molecule has 0 saturated heterocycles. The van der Waals surface area contributed by atoms with Crippen molar-refractivity contribution < 1.29 is 28.5 Å². The van der Waals surface area contributed by atoms with E-state index in [-0.39, 0.29) is 18.4 Å². The minimum absolute atomic E-state index is 0.0496. The van der Waals surface area contributed by atoms with Gasteiger partial charge in [0.15, 0.2) is 0 Å². The standard InChI is InChI=1S/C16H20O6/c1-11(2)16(18)22-15(20-4)10-9-14(17)21-13-7-5-12(19-3)6-8-13/h5-8,15H,1,9-10H2,2-4H3. The molecule has 0 aliphatic heterocycles. The molecule has 0 aliphatic rings. The summed E-state index contributed by atoms with van der Waals surface area (Å²) in [5, 5.41) is 0. The molecule has 0 spiro atoms. The summed E-state index contributed by atoms with van der Waals surface area (Å²) in [6, 6.07) is 6.64. The number of rotatable bonds is 8. The molecule has 120 valence electrons. The van der Waals surface area contributed by atoms with Crippen LogP contribution in [0.2, 0.25) is 0 Å². The van der Waals surface area contributed by atoms with Crippen molar-refractivity contribution in [3.05, 3.63) is 36.4 Å². The quantitative estimate of drug-likeness (QED) is 0.318. The van der Waals surface area contributed by atoms with E-state index in [1.54, 1.807) is 31.4 Å². The highest BCUT2D eigenvalue weighted by Crippen LogP contribution is 2.18. The summed E-state index contributed by atoms with van der Waals surface area (Å²) < 4.78 is 20.2. The second kappa shape index (κ2) is 8.84. The van der Waals surface area contributed by atoms with Gasteiger partial charge in [0.25, 0.3) is 0 Å². The molecule has 0 saturated carbocycles. The van der Waals surface area contributed by atoms with E-state index >= 15 is 0 Å². The molecule has 6 nitrogen and oxygen atoms in total. The Balaban J connectivity index is 2.43. The van der Waals surface area contributed by atoms with Gasteiger partial charge in [-0.3, -0.25) is 4.79 Å². The molecule has 22 heavy (non-hydrogen) atoms. The van der Waals surface area contributed by atoms with Crippen LogP contribution < -0.4 is 9.47 Å². The lowest BCUT2D eigenvalue weighted by Gasteiger charge is -2.15. The number of hydrogen-bond acceptors (Lipinski definition) is 6. The first-order chi connectivity index (χ1) is 10.5.